The highest BCUT2D eigenvalue weighted by Crippen LogP contribution is 2.32. The minimum Gasteiger partial charge on any atom is -0.379 e. The molecule has 1 aliphatic rings. The van der Waals surface area contributed by atoms with Crippen LogP contribution in [0.5, 0.6) is 0 Å². The minimum atomic E-state index is -0.374. The van der Waals surface area contributed by atoms with Crippen molar-refractivity contribution in [3.05, 3.63) is 29.8 Å². The number of benzene rings is 1. The number of Topliss-reactive ketones (excluding diaryl/α,β-unsaturated/α-hetero) is 1. The summed E-state index contributed by atoms with van der Waals surface area (Å²) in [6.07, 6.45) is 6.05. The van der Waals surface area contributed by atoms with E-state index in [0.717, 1.165) is 57.6 Å². The third kappa shape index (κ3) is 4.17. The molecule has 0 N–H and O–H groups in total. The van der Waals surface area contributed by atoms with Crippen LogP contribution in [0.25, 0.3) is 0 Å². The lowest BCUT2D eigenvalue weighted by Gasteiger charge is -2.44. The molecule has 1 saturated heterocycles. The van der Waals surface area contributed by atoms with E-state index in [2.05, 4.69) is 37.1 Å². The Balaban J connectivity index is 2.31. The van der Waals surface area contributed by atoms with Crippen molar-refractivity contribution in [1.29, 1.82) is 0 Å². The molecule has 0 aromatic heterocycles. The predicted molar refractivity (Wildman–Crippen MR) is 97.5 cm³/mol. The second kappa shape index (κ2) is 8.86. The summed E-state index contributed by atoms with van der Waals surface area (Å²) >= 11 is 1.71. The van der Waals surface area contributed by atoms with Gasteiger partial charge in [-0.3, -0.25) is 9.69 Å². The van der Waals surface area contributed by atoms with E-state index < -0.39 is 0 Å². The highest BCUT2D eigenvalue weighted by molar-refractivity contribution is 7.98. The Morgan fingerprint density at radius 3 is 2.39 bits per heavy atom. The van der Waals surface area contributed by atoms with E-state index in [1.165, 1.54) is 4.90 Å². The monoisotopic (exact) mass is 335 g/mol. The molecule has 1 heterocycles. The maximum atomic E-state index is 13.4. The fourth-order valence-corrected chi connectivity index (χ4v) is 3.86. The Morgan fingerprint density at radius 2 is 1.87 bits per heavy atom. The second-order valence-corrected chi connectivity index (χ2v) is 7.03. The fraction of sp³-hybridized carbons (Fsp3) is 0.632. The van der Waals surface area contributed by atoms with Gasteiger partial charge in [-0.1, -0.05) is 38.8 Å². The van der Waals surface area contributed by atoms with Crippen LogP contribution in [0, 0.1) is 0 Å². The molecular formula is C19H29NO2S. The van der Waals surface area contributed by atoms with Gasteiger partial charge in [0.1, 0.15) is 0 Å². The molecule has 0 aliphatic carbocycles. The van der Waals surface area contributed by atoms with Gasteiger partial charge in [-0.15, -0.1) is 11.8 Å². The van der Waals surface area contributed by atoms with Crippen molar-refractivity contribution in [3.8, 4) is 0 Å². The van der Waals surface area contributed by atoms with Gasteiger partial charge in [0.15, 0.2) is 5.78 Å². The van der Waals surface area contributed by atoms with Crippen molar-refractivity contribution in [2.75, 3.05) is 32.6 Å². The molecule has 0 saturated carbocycles. The third-order valence-electron chi connectivity index (χ3n) is 4.92. The molecule has 4 heteroatoms. The smallest absolute Gasteiger partial charge is 0.183 e. The van der Waals surface area contributed by atoms with Gasteiger partial charge in [-0.25, -0.2) is 0 Å². The SMILES string of the molecule is CCCCC(CC)(C(=O)c1ccc(SC)cc1)N1CCOCC1. The van der Waals surface area contributed by atoms with E-state index in [1.807, 2.05) is 12.1 Å². The molecule has 0 spiro atoms. The number of unbranched alkanes of at least 4 members (excludes halogenated alkanes) is 1. The fourth-order valence-electron chi connectivity index (χ4n) is 3.45. The maximum absolute atomic E-state index is 13.4. The summed E-state index contributed by atoms with van der Waals surface area (Å²) in [5.41, 5.74) is 0.466. The maximum Gasteiger partial charge on any atom is 0.183 e. The molecular weight excluding hydrogens is 306 g/mol. The highest BCUT2D eigenvalue weighted by Gasteiger charge is 2.42. The summed E-state index contributed by atoms with van der Waals surface area (Å²) < 4.78 is 5.50. The molecule has 128 valence electrons. The van der Waals surface area contributed by atoms with Gasteiger partial charge in [-0.2, -0.15) is 0 Å². The average molecular weight is 336 g/mol. The Hall–Kier alpha value is -0.840. The first-order valence-electron chi connectivity index (χ1n) is 8.69. The van der Waals surface area contributed by atoms with Crippen LogP contribution in [0.4, 0.5) is 0 Å². The van der Waals surface area contributed by atoms with E-state index in [0.29, 0.717) is 0 Å². The average Bonchev–Trinajstić information content (AvgIpc) is 2.63. The van der Waals surface area contributed by atoms with Gasteiger partial charge in [0.25, 0.3) is 0 Å². The van der Waals surface area contributed by atoms with E-state index in [4.69, 9.17) is 4.74 Å². The van der Waals surface area contributed by atoms with E-state index in [1.54, 1.807) is 11.8 Å². The summed E-state index contributed by atoms with van der Waals surface area (Å²) in [7, 11) is 0. The summed E-state index contributed by atoms with van der Waals surface area (Å²) in [5, 5.41) is 0. The van der Waals surface area contributed by atoms with Crippen LogP contribution in [0.3, 0.4) is 0 Å². The molecule has 23 heavy (non-hydrogen) atoms. The van der Waals surface area contributed by atoms with Crippen LogP contribution in [-0.2, 0) is 4.74 Å². The number of rotatable bonds is 8. The highest BCUT2D eigenvalue weighted by atomic mass is 32.2. The Morgan fingerprint density at radius 1 is 1.22 bits per heavy atom. The number of carbonyl (C=O) groups excluding carboxylic acids is 1. The molecule has 1 fully saturated rings. The summed E-state index contributed by atoms with van der Waals surface area (Å²) in [4.78, 5) is 17.0. The molecule has 1 atom stereocenters. The predicted octanol–water partition coefficient (Wildman–Crippen LogP) is 4.26. The van der Waals surface area contributed by atoms with Crippen LogP contribution in [0.2, 0.25) is 0 Å². The Labute approximate surface area is 144 Å². The van der Waals surface area contributed by atoms with Gasteiger partial charge >= 0.3 is 0 Å². The molecule has 3 nitrogen and oxygen atoms in total. The van der Waals surface area contributed by atoms with Gasteiger partial charge in [-0.05, 0) is 31.2 Å². The summed E-state index contributed by atoms with van der Waals surface area (Å²) in [6, 6.07) is 8.09. The summed E-state index contributed by atoms with van der Waals surface area (Å²) in [6.45, 7) is 7.51. The standard InChI is InChI=1S/C19H29NO2S/c1-4-6-11-19(5-2,20-12-14-22-15-13-20)18(21)16-7-9-17(23-3)10-8-16/h7-10H,4-6,11-15H2,1-3H3. The van der Waals surface area contributed by atoms with Crippen molar-refractivity contribution in [2.24, 2.45) is 0 Å². The number of nitrogens with zero attached hydrogens (tertiary/aromatic N) is 1. The zero-order valence-corrected chi connectivity index (χ0v) is 15.5. The van der Waals surface area contributed by atoms with Crippen molar-refractivity contribution < 1.29 is 9.53 Å². The van der Waals surface area contributed by atoms with Gasteiger partial charge in [0.05, 0.1) is 18.8 Å². The number of ketones is 1. The van der Waals surface area contributed by atoms with Crippen molar-refractivity contribution in [1.82, 2.24) is 4.90 Å². The van der Waals surface area contributed by atoms with E-state index in [9.17, 15) is 4.79 Å². The molecule has 1 aliphatic heterocycles. The lowest BCUT2D eigenvalue weighted by Crippen LogP contribution is -2.58. The summed E-state index contributed by atoms with van der Waals surface area (Å²) in [5.74, 6) is 0.281. The number of morpholine rings is 1. The molecule has 1 unspecified atom stereocenters. The molecule has 1 aromatic rings. The van der Waals surface area contributed by atoms with Crippen molar-refractivity contribution in [2.45, 2.75) is 50.0 Å². The zero-order chi connectivity index (χ0) is 16.7. The molecule has 0 bridgehead atoms. The number of hydrogen-bond donors (Lipinski definition) is 0. The Bertz CT molecular complexity index is 497. The quantitative estimate of drug-likeness (QED) is 0.524. The van der Waals surface area contributed by atoms with Gasteiger partial charge < -0.3 is 4.74 Å². The first kappa shape index (κ1) is 18.5. The number of ether oxygens (including phenoxy) is 1. The lowest BCUT2D eigenvalue weighted by atomic mass is 9.80. The van der Waals surface area contributed by atoms with E-state index in [-0.39, 0.29) is 11.3 Å². The van der Waals surface area contributed by atoms with Crippen LogP contribution >= 0.6 is 11.8 Å². The normalized spacial score (nSPS) is 18.6. The van der Waals surface area contributed by atoms with Gasteiger partial charge in [0, 0.05) is 23.5 Å². The molecule has 0 radical (unpaired) electrons. The topological polar surface area (TPSA) is 29.5 Å². The van der Waals surface area contributed by atoms with Crippen LogP contribution in [0.15, 0.2) is 29.2 Å². The largest absolute Gasteiger partial charge is 0.379 e. The third-order valence-corrected chi connectivity index (χ3v) is 5.66. The van der Waals surface area contributed by atoms with E-state index >= 15 is 0 Å². The molecule has 2 rings (SSSR count). The minimum absolute atomic E-state index is 0.281. The van der Waals surface area contributed by atoms with Gasteiger partial charge in [0.2, 0.25) is 0 Å². The number of thioether (sulfide) groups is 1. The van der Waals surface area contributed by atoms with Crippen molar-refractivity contribution in [3.63, 3.8) is 0 Å². The zero-order valence-electron chi connectivity index (χ0n) is 14.6. The van der Waals surface area contributed by atoms with Crippen LogP contribution in [-0.4, -0.2) is 48.8 Å². The lowest BCUT2D eigenvalue weighted by molar-refractivity contribution is -0.0195. The molecule has 1 aromatic carbocycles. The van der Waals surface area contributed by atoms with Crippen LogP contribution < -0.4 is 0 Å². The van der Waals surface area contributed by atoms with Crippen LogP contribution in [0.1, 0.15) is 49.9 Å². The Kier molecular flexibility index (Phi) is 7.12. The van der Waals surface area contributed by atoms with Crippen molar-refractivity contribution >= 4 is 17.5 Å². The first-order chi connectivity index (χ1) is 11.2. The second-order valence-electron chi connectivity index (χ2n) is 6.15. The molecule has 0 amide bonds. The number of hydrogen-bond acceptors (Lipinski definition) is 4. The number of carbonyl (C=O) groups is 1. The first-order valence-corrected chi connectivity index (χ1v) is 9.92.